The lowest BCUT2D eigenvalue weighted by Crippen LogP contribution is -2.39. The molecule has 0 spiro atoms. The van der Waals surface area contributed by atoms with E-state index in [1.54, 1.807) is 0 Å². The smallest absolute Gasteiger partial charge is 0.188 e. The normalized spacial score (nSPS) is 13.8. The lowest BCUT2D eigenvalue weighted by molar-refractivity contribution is 0.659. The van der Waals surface area contributed by atoms with Gasteiger partial charge in [-0.1, -0.05) is 6.92 Å². The third-order valence-corrected chi connectivity index (χ3v) is 3.23. The van der Waals surface area contributed by atoms with E-state index in [-0.39, 0.29) is 0 Å². The number of aliphatic imine (C=N–C) groups is 1. The van der Waals surface area contributed by atoms with Crippen molar-refractivity contribution in [2.24, 2.45) is 10.7 Å². The molecule has 0 aliphatic carbocycles. The van der Waals surface area contributed by atoms with Crippen molar-refractivity contribution >= 4 is 17.3 Å². The van der Waals surface area contributed by atoms with Crippen molar-refractivity contribution in [3.8, 4) is 0 Å². The molecule has 0 aliphatic rings. The number of nitrogens with two attached hydrogens (primary N) is 1. The van der Waals surface area contributed by atoms with Gasteiger partial charge in [0.15, 0.2) is 5.96 Å². The summed E-state index contributed by atoms with van der Waals surface area (Å²) in [5, 5.41) is 3.21. The van der Waals surface area contributed by atoms with Gasteiger partial charge in [-0.2, -0.15) is 0 Å². The molecular formula is C12H21N3S. The van der Waals surface area contributed by atoms with E-state index in [2.05, 4.69) is 43.2 Å². The van der Waals surface area contributed by atoms with Gasteiger partial charge in [-0.05, 0) is 32.4 Å². The maximum Gasteiger partial charge on any atom is 0.188 e. The van der Waals surface area contributed by atoms with E-state index in [9.17, 15) is 0 Å². The van der Waals surface area contributed by atoms with Gasteiger partial charge in [0.1, 0.15) is 0 Å². The molecule has 3 N–H and O–H groups in total. The summed E-state index contributed by atoms with van der Waals surface area (Å²) < 4.78 is 0. The summed E-state index contributed by atoms with van der Waals surface area (Å²) in [4.78, 5) is 6.96. The Kier molecular flexibility index (Phi) is 5.32. The first kappa shape index (κ1) is 13.0. The summed E-state index contributed by atoms with van der Waals surface area (Å²) >= 11 is 1.84. The minimum Gasteiger partial charge on any atom is -0.370 e. The Labute approximate surface area is 102 Å². The van der Waals surface area contributed by atoms with Crippen molar-refractivity contribution in [2.75, 3.05) is 6.54 Å². The van der Waals surface area contributed by atoms with E-state index in [1.807, 2.05) is 11.3 Å². The SMILES string of the molecule is CCCN=C(N)NC(C)Cc1ccc(C)s1. The summed E-state index contributed by atoms with van der Waals surface area (Å²) in [7, 11) is 0. The van der Waals surface area contributed by atoms with Crippen LogP contribution in [0.4, 0.5) is 0 Å². The first-order chi connectivity index (χ1) is 7.61. The maximum atomic E-state index is 5.76. The average molecular weight is 239 g/mol. The zero-order chi connectivity index (χ0) is 12.0. The molecule has 3 nitrogen and oxygen atoms in total. The summed E-state index contributed by atoms with van der Waals surface area (Å²) in [6.07, 6.45) is 2.03. The van der Waals surface area contributed by atoms with E-state index in [4.69, 9.17) is 5.73 Å². The molecule has 0 amide bonds. The molecule has 0 aliphatic heterocycles. The van der Waals surface area contributed by atoms with Crippen molar-refractivity contribution in [3.05, 3.63) is 21.9 Å². The van der Waals surface area contributed by atoms with Crippen LogP contribution < -0.4 is 11.1 Å². The quantitative estimate of drug-likeness (QED) is 0.612. The highest BCUT2D eigenvalue weighted by Gasteiger charge is 2.05. The van der Waals surface area contributed by atoms with Crippen LogP contribution in [0.3, 0.4) is 0 Å². The van der Waals surface area contributed by atoms with E-state index in [0.29, 0.717) is 12.0 Å². The number of nitrogens with one attached hydrogen (secondary N) is 1. The van der Waals surface area contributed by atoms with E-state index >= 15 is 0 Å². The highest BCUT2D eigenvalue weighted by molar-refractivity contribution is 7.11. The maximum absolute atomic E-state index is 5.76. The number of rotatable bonds is 5. The lowest BCUT2D eigenvalue weighted by Gasteiger charge is -2.13. The first-order valence-electron chi connectivity index (χ1n) is 5.73. The highest BCUT2D eigenvalue weighted by atomic mass is 32.1. The van der Waals surface area contributed by atoms with E-state index in [1.165, 1.54) is 9.75 Å². The van der Waals surface area contributed by atoms with Crippen molar-refractivity contribution < 1.29 is 0 Å². The van der Waals surface area contributed by atoms with E-state index < -0.39 is 0 Å². The zero-order valence-corrected chi connectivity index (χ0v) is 11.1. The second-order valence-electron chi connectivity index (χ2n) is 4.03. The van der Waals surface area contributed by atoms with Gasteiger partial charge >= 0.3 is 0 Å². The topological polar surface area (TPSA) is 50.4 Å². The fraction of sp³-hybridized carbons (Fsp3) is 0.583. The Balaban J connectivity index is 2.38. The molecule has 90 valence electrons. The van der Waals surface area contributed by atoms with Gasteiger partial charge in [0.2, 0.25) is 0 Å². The largest absolute Gasteiger partial charge is 0.370 e. The van der Waals surface area contributed by atoms with Gasteiger partial charge in [-0.25, -0.2) is 0 Å². The van der Waals surface area contributed by atoms with Crippen molar-refractivity contribution in [3.63, 3.8) is 0 Å². The van der Waals surface area contributed by atoms with Gasteiger partial charge in [-0.15, -0.1) is 11.3 Å². The van der Waals surface area contributed by atoms with Gasteiger partial charge in [0, 0.05) is 28.8 Å². The summed E-state index contributed by atoms with van der Waals surface area (Å²) in [6, 6.07) is 4.66. The fourth-order valence-corrected chi connectivity index (χ4v) is 2.50. The summed E-state index contributed by atoms with van der Waals surface area (Å²) in [5.74, 6) is 0.558. The lowest BCUT2D eigenvalue weighted by atomic mass is 10.2. The van der Waals surface area contributed by atoms with Crippen LogP contribution >= 0.6 is 11.3 Å². The number of thiophene rings is 1. The minimum atomic E-state index is 0.332. The number of aryl methyl sites for hydroxylation is 1. The third kappa shape index (κ3) is 4.66. The molecule has 4 heteroatoms. The second kappa shape index (κ2) is 6.53. The van der Waals surface area contributed by atoms with Gasteiger partial charge in [-0.3, -0.25) is 4.99 Å². The molecule has 0 saturated heterocycles. The Hall–Kier alpha value is -1.03. The molecule has 0 radical (unpaired) electrons. The molecule has 1 rings (SSSR count). The molecule has 0 saturated carbocycles. The molecule has 1 aromatic rings. The van der Waals surface area contributed by atoms with Crippen LogP contribution in [0.15, 0.2) is 17.1 Å². The molecule has 0 aromatic carbocycles. The fourth-order valence-electron chi connectivity index (χ4n) is 1.48. The van der Waals surface area contributed by atoms with Crippen LogP contribution in [-0.4, -0.2) is 18.5 Å². The number of nitrogens with zero attached hydrogens (tertiary/aromatic N) is 1. The average Bonchev–Trinajstić information content (AvgIpc) is 2.60. The molecular weight excluding hydrogens is 218 g/mol. The van der Waals surface area contributed by atoms with Crippen LogP contribution in [-0.2, 0) is 6.42 Å². The Morgan fingerprint density at radius 2 is 2.31 bits per heavy atom. The highest BCUT2D eigenvalue weighted by Crippen LogP contribution is 2.16. The molecule has 1 atom stereocenters. The Morgan fingerprint density at radius 3 is 2.88 bits per heavy atom. The first-order valence-corrected chi connectivity index (χ1v) is 6.55. The predicted molar refractivity (Wildman–Crippen MR) is 72.1 cm³/mol. The molecule has 1 unspecified atom stereocenters. The van der Waals surface area contributed by atoms with Crippen LogP contribution in [0, 0.1) is 6.92 Å². The van der Waals surface area contributed by atoms with Crippen molar-refractivity contribution in [1.82, 2.24) is 5.32 Å². The third-order valence-electron chi connectivity index (χ3n) is 2.20. The van der Waals surface area contributed by atoms with Crippen LogP contribution in [0.5, 0.6) is 0 Å². The molecule has 1 heterocycles. The van der Waals surface area contributed by atoms with E-state index in [0.717, 1.165) is 19.4 Å². The standard InChI is InChI=1S/C12H21N3S/c1-4-7-14-12(13)15-9(2)8-11-6-5-10(3)16-11/h5-6,9H,4,7-8H2,1-3H3,(H3,13,14,15). The summed E-state index contributed by atoms with van der Waals surface area (Å²) in [6.45, 7) is 7.14. The predicted octanol–water partition coefficient (Wildman–Crippen LogP) is 2.30. The molecule has 1 aromatic heterocycles. The second-order valence-corrected chi connectivity index (χ2v) is 5.40. The van der Waals surface area contributed by atoms with Crippen molar-refractivity contribution in [2.45, 2.75) is 39.7 Å². The van der Waals surface area contributed by atoms with Crippen LogP contribution in [0.1, 0.15) is 30.0 Å². The molecule has 0 bridgehead atoms. The van der Waals surface area contributed by atoms with Crippen molar-refractivity contribution in [1.29, 1.82) is 0 Å². The van der Waals surface area contributed by atoms with Gasteiger partial charge in [0.05, 0.1) is 0 Å². The monoisotopic (exact) mass is 239 g/mol. The van der Waals surface area contributed by atoms with Gasteiger partial charge < -0.3 is 11.1 Å². The minimum absolute atomic E-state index is 0.332. The van der Waals surface area contributed by atoms with Gasteiger partial charge in [0.25, 0.3) is 0 Å². The Bertz CT molecular complexity index is 344. The number of guanidine groups is 1. The molecule has 16 heavy (non-hydrogen) atoms. The zero-order valence-electron chi connectivity index (χ0n) is 10.3. The number of hydrogen-bond acceptors (Lipinski definition) is 2. The van der Waals surface area contributed by atoms with Crippen LogP contribution in [0.25, 0.3) is 0 Å². The van der Waals surface area contributed by atoms with Crippen LogP contribution in [0.2, 0.25) is 0 Å². The number of hydrogen-bond donors (Lipinski definition) is 2. The Morgan fingerprint density at radius 1 is 1.56 bits per heavy atom. The molecule has 0 fully saturated rings. The summed E-state index contributed by atoms with van der Waals surface area (Å²) in [5.41, 5.74) is 5.76.